The summed E-state index contributed by atoms with van der Waals surface area (Å²) in [6.45, 7) is 10.7. The zero-order chi connectivity index (χ0) is 13.1. The van der Waals surface area contributed by atoms with Gasteiger partial charge >= 0.3 is 0 Å². The zero-order valence-electron chi connectivity index (χ0n) is 11.6. The highest BCUT2D eigenvalue weighted by atomic mass is 16.5. The van der Waals surface area contributed by atoms with Crippen LogP contribution < -0.4 is 5.32 Å². The van der Waals surface area contributed by atoms with Crippen molar-refractivity contribution in [1.82, 2.24) is 5.32 Å². The van der Waals surface area contributed by atoms with Crippen LogP contribution in [0.3, 0.4) is 0 Å². The van der Waals surface area contributed by atoms with Gasteiger partial charge in [0.25, 0.3) is 0 Å². The summed E-state index contributed by atoms with van der Waals surface area (Å²) in [7, 11) is 0. The predicted molar refractivity (Wildman–Crippen MR) is 68.8 cm³/mol. The smallest absolute Gasteiger partial charge is 0.106 e. The molecular weight excluding hydrogens is 216 g/mol. The third kappa shape index (κ3) is 9.11. The molecule has 17 heavy (non-hydrogen) atoms. The number of ether oxygens (including phenoxy) is 2. The molecule has 0 amide bonds. The number of hydrogen-bond acceptors (Lipinski definition) is 4. The quantitative estimate of drug-likeness (QED) is 0.596. The van der Waals surface area contributed by atoms with E-state index in [1.165, 1.54) is 0 Å². The number of rotatable bonds is 10. The van der Waals surface area contributed by atoms with Gasteiger partial charge in [-0.25, -0.2) is 0 Å². The van der Waals surface area contributed by atoms with Crippen LogP contribution in [-0.4, -0.2) is 38.0 Å². The molecule has 1 unspecified atom stereocenters. The first-order valence-electron chi connectivity index (χ1n) is 6.39. The van der Waals surface area contributed by atoms with E-state index in [1.807, 2.05) is 20.8 Å². The molecule has 0 spiro atoms. The Balaban J connectivity index is 3.60. The molecule has 0 fully saturated rings. The van der Waals surface area contributed by atoms with Crippen LogP contribution in [0.5, 0.6) is 0 Å². The third-order valence-electron chi connectivity index (χ3n) is 2.44. The van der Waals surface area contributed by atoms with E-state index in [-0.39, 0.29) is 6.10 Å². The Bertz CT molecular complexity index is 226. The van der Waals surface area contributed by atoms with Crippen LogP contribution in [0.4, 0.5) is 0 Å². The minimum absolute atomic E-state index is 0.245. The van der Waals surface area contributed by atoms with Gasteiger partial charge in [0.05, 0.1) is 25.4 Å². The van der Waals surface area contributed by atoms with Gasteiger partial charge in [-0.1, -0.05) is 6.92 Å². The maximum Gasteiger partial charge on any atom is 0.106 e. The van der Waals surface area contributed by atoms with Crippen molar-refractivity contribution >= 4 is 0 Å². The fraction of sp³-hybridized carbons (Fsp3) is 0.923. The van der Waals surface area contributed by atoms with Gasteiger partial charge < -0.3 is 9.47 Å². The first kappa shape index (κ1) is 16.4. The summed E-state index contributed by atoms with van der Waals surface area (Å²) in [6.07, 6.45) is 1.97. The fourth-order valence-corrected chi connectivity index (χ4v) is 1.31. The average molecular weight is 242 g/mol. The molecule has 1 N–H and O–H groups in total. The molecule has 0 aliphatic heterocycles. The highest BCUT2D eigenvalue weighted by Gasteiger charge is 2.21. The summed E-state index contributed by atoms with van der Waals surface area (Å²) >= 11 is 0. The summed E-state index contributed by atoms with van der Waals surface area (Å²) < 4.78 is 10.8. The molecule has 0 rings (SSSR count). The average Bonchev–Trinajstić information content (AvgIpc) is 2.30. The second-order valence-corrected chi connectivity index (χ2v) is 4.65. The van der Waals surface area contributed by atoms with Gasteiger partial charge in [-0.15, -0.1) is 0 Å². The molecule has 0 saturated heterocycles. The zero-order valence-corrected chi connectivity index (χ0v) is 11.6. The van der Waals surface area contributed by atoms with Crippen molar-refractivity contribution in [3.05, 3.63) is 0 Å². The number of nitrogens with one attached hydrogen (secondary N) is 1. The Kier molecular flexibility index (Phi) is 9.06. The molecule has 0 saturated carbocycles. The Morgan fingerprint density at radius 2 is 2.00 bits per heavy atom. The van der Waals surface area contributed by atoms with Gasteiger partial charge in [-0.3, -0.25) is 5.32 Å². The van der Waals surface area contributed by atoms with E-state index in [0.717, 1.165) is 13.0 Å². The molecular formula is C13H26N2O2. The van der Waals surface area contributed by atoms with E-state index in [2.05, 4.69) is 18.3 Å². The van der Waals surface area contributed by atoms with Crippen LogP contribution in [-0.2, 0) is 9.47 Å². The second-order valence-electron chi connectivity index (χ2n) is 4.65. The van der Waals surface area contributed by atoms with Crippen LogP contribution in [0.25, 0.3) is 0 Å². The lowest BCUT2D eigenvalue weighted by atomic mass is 10.0. The molecule has 0 aliphatic rings. The summed E-state index contributed by atoms with van der Waals surface area (Å²) in [5, 5.41) is 12.3. The highest BCUT2D eigenvalue weighted by Crippen LogP contribution is 2.08. The molecule has 4 heteroatoms. The van der Waals surface area contributed by atoms with E-state index in [0.29, 0.717) is 26.2 Å². The van der Waals surface area contributed by atoms with Gasteiger partial charge in [0.1, 0.15) is 5.54 Å². The van der Waals surface area contributed by atoms with Crippen molar-refractivity contribution in [3.63, 3.8) is 0 Å². The summed E-state index contributed by atoms with van der Waals surface area (Å²) in [5.41, 5.74) is -0.477. The van der Waals surface area contributed by atoms with Crippen LogP contribution in [0.1, 0.15) is 40.5 Å². The molecule has 0 aromatic rings. The van der Waals surface area contributed by atoms with Crippen molar-refractivity contribution < 1.29 is 9.47 Å². The predicted octanol–water partition coefficient (Wildman–Crippen LogP) is 2.10. The number of hydrogen-bond donors (Lipinski definition) is 1. The molecule has 4 nitrogen and oxygen atoms in total. The van der Waals surface area contributed by atoms with Gasteiger partial charge in [0.2, 0.25) is 0 Å². The molecule has 100 valence electrons. The van der Waals surface area contributed by atoms with E-state index >= 15 is 0 Å². The molecule has 0 aliphatic carbocycles. The normalized spacial score (nSPS) is 14.6. The Morgan fingerprint density at radius 1 is 1.29 bits per heavy atom. The fourth-order valence-electron chi connectivity index (χ4n) is 1.31. The van der Waals surface area contributed by atoms with Gasteiger partial charge in [-0.2, -0.15) is 5.26 Å². The Hall–Kier alpha value is -0.630. The summed E-state index contributed by atoms with van der Waals surface area (Å²) in [5.74, 6) is 0. The van der Waals surface area contributed by atoms with E-state index < -0.39 is 5.54 Å². The molecule has 0 heterocycles. The van der Waals surface area contributed by atoms with Crippen molar-refractivity contribution in [1.29, 1.82) is 5.26 Å². The molecule has 0 radical (unpaired) electrons. The third-order valence-corrected chi connectivity index (χ3v) is 2.44. The highest BCUT2D eigenvalue weighted by molar-refractivity contribution is 5.03. The van der Waals surface area contributed by atoms with Crippen molar-refractivity contribution in [3.8, 4) is 6.07 Å². The lowest BCUT2D eigenvalue weighted by Crippen LogP contribution is -2.42. The lowest BCUT2D eigenvalue weighted by molar-refractivity contribution is 0.0162. The Labute approximate surface area is 105 Å². The standard InChI is InChI=1S/C13H26N2O2/c1-5-7-15-13(4,11-14)6-8-16-9-10-17-12(2)3/h12,15H,5-10H2,1-4H3. The van der Waals surface area contributed by atoms with Gasteiger partial charge in [0, 0.05) is 13.0 Å². The summed E-state index contributed by atoms with van der Waals surface area (Å²) in [4.78, 5) is 0. The van der Waals surface area contributed by atoms with Crippen molar-refractivity contribution in [2.45, 2.75) is 52.2 Å². The number of nitrogens with zero attached hydrogens (tertiary/aromatic N) is 1. The molecule has 0 aromatic heterocycles. The van der Waals surface area contributed by atoms with Gasteiger partial charge in [-0.05, 0) is 33.7 Å². The maximum absolute atomic E-state index is 9.09. The van der Waals surface area contributed by atoms with Gasteiger partial charge in [0.15, 0.2) is 0 Å². The lowest BCUT2D eigenvalue weighted by Gasteiger charge is -2.22. The topological polar surface area (TPSA) is 54.3 Å². The van der Waals surface area contributed by atoms with Crippen molar-refractivity contribution in [2.24, 2.45) is 0 Å². The van der Waals surface area contributed by atoms with Crippen LogP contribution in [0.2, 0.25) is 0 Å². The minimum atomic E-state index is -0.477. The molecule has 1 atom stereocenters. The largest absolute Gasteiger partial charge is 0.379 e. The summed E-state index contributed by atoms with van der Waals surface area (Å²) in [6, 6.07) is 2.30. The molecule has 0 aromatic carbocycles. The maximum atomic E-state index is 9.09. The van der Waals surface area contributed by atoms with E-state index in [9.17, 15) is 0 Å². The molecule has 0 bridgehead atoms. The van der Waals surface area contributed by atoms with Crippen molar-refractivity contribution in [2.75, 3.05) is 26.4 Å². The monoisotopic (exact) mass is 242 g/mol. The van der Waals surface area contributed by atoms with Crippen LogP contribution in [0, 0.1) is 11.3 Å². The Morgan fingerprint density at radius 3 is 2.53 bits per heavy atom. The van der Waals surface area contributed by atoms with E-state index in [4.69, 9.17) is 14.7 Å². The van der Waals surface area contributed by atoms with E-state index in [1.54, 1.807) is 0 Å². The number of nitriles is 1. The minimum Gasteiger partial charge on any atom is -0.379 e. The first-order chi connectivity index (χ1) is 8.04. The second kappa shape index (κ2) is 9.41. The van der Waals surface area contributed by atoms with Crippen LogP contribution in [0.15, 0.2) is 0 Å². The first-order valence-corrected chi connectivity index (χ1v) is 6.39. The SMILES string of the molecule is CCCNC(C)(C#N)CCOCCOC(C)C. The van der Waals surface area contributed by atoms with Crippen LogP contribution >= 0.6 is 0 Å².